The maximum atomic E-state index is 12.2. The van der Waals surface area contributed by atoms with Gasteiger partial charge >= 0.3 is 0 Å². The third-order valence-corrected chi connectivity index (χ3v) is 5.52. The highest BCUT2D eigenvalue weighted by molar-refractivity contribution is 7.91. The van der Waals surface area contributed by atoms with Crippen molar-refractivity contribution in [3.63, 3.8) is 0 Å². The van der Waals surface area contributed by atoms with Gasteiger partial charge in [0.15, 0.2) is 9.34 Å². The molecule has 1 aromatic rings. The summed E-state index contributed by atoms with van der Waals surface area (Å²) in [5.74, 6) is 0. The molecular weight excluding hydrogens is 266 g/mol. The van der Waals surface area contributed by atoms with E-state index >= 15 is 0 Å². The van der Waals surface area contributed by atoms with E-state index in [0.717, 1.165) is 15.6 Å². The Morgan fingerprint density at radius 2 is 1.88 bits per heavy atom. The fourth-order valence-electron chi connectivity index (χ4n) is 1.33. The summed E-state index contributed by atoms with van der Waals surface area (Å²) in [5.41, 5.74) is 5.78. The topological polar surface area (TPSA) is 117 Å². The standard InChI is InChI=1S/C8H15N3O4S2/c1-6-7(16-8(9)10-6)17(14,15)11(2-4-12)3-5-13/h12-13H,2-5H2,1H3,(H2,9,10). The molecule has 1 rings (SSSR count). The summed E-state index contributed by atoms with van der Waals surface area (Å²) in [6, 6.07) is 0. The van der Waals surface area contributed by atoms with Crippen LogP contribution in [0.25, 0.3) is 0 Å². The van der Waals surface area contributed by atoms with Gasteiger partial charge in [0.1, 0.15) is 0 Å². The number of hydrogen-bond donors (Lipinski definition) is 3. The molecule has 0 atom stereocenters. The minimum absolute atomic E-state index is 0.0527. The van der Waals surface area contributed by atoms with Gasteiger partial charge in [0, 0.05) is 13.1 Å². The van der Waals surface area contributed by atoms with Crippen LogP contribution in [0.3, 0.4) is 0 Å². The average Bonchev–Trinajstić information content (AvgIpc) is 2.58. The van der Waals surface area contributed by atoms with Crippen LogP contribution in [0.1, 0.15) is 5.69 Å². The molecule has 4 N–H and O–H groups in total. The quantitative estimate of drug-likeness (QED) is 0.616. The zero-order chi connectivity index (χ0) is 13.1. The lowest BCUT2D eigenvalue weighted by atomic mass is 10.6. The van der Waals surface area contributed by atoms with Crippen molar-refractivity contribution in [3.8, 4) is 0 Å². The molecule has 0 aromatic carbocycles. The first-order chi connectivity index (χ1) is 7.93. The van der Waals surface area contributed by atoms with E-state index in [0.29, 0.717) is 5.69 Å². The molecule has 0 saturated heterocycles. The minimum Gasteiger partial charge on any atom is -0.395 e. The van der Waals surface area contributed by atoms with Gasteiger partial charge in [-0.25, -0.2) is 13.4 Å². The monoisotopic (exact) mass is 281 g/mol. The van der Waals surface area contributed by atoms with Crippen molar-refractivity contribution in [2.75, 3.05) is 32.0 Å². The van der Waals surface area contributed by atoms with Crippen LogP contribution < -0.4 is 5.73 Å². The molecule has 9 heteroatoms. The lowest BCUT2D eigenvalue weighted by molar-refractivity contribution is 0.217. The predicted octanol–water partition coefficient (Wildman–Crippen LogP) is -0.991. The van der Waals surface area contributed by atoms with Gasteiger partial charge in [-0.1, -0.05) is 11.3 Å². The summed E-state index contributed by atoms with van der Waals surface area (Å²) in [6.45, 7) is 0.787. The summed E-state index contributed by atoms with van der Waals surface area (Å²) in [6.07, 6.45) is 0. The van der Waals surface area contributed by atoms with Crippen molar-refractivity contribution >= 4 is 26.5 Å². The molecule has 1 aromatic heterocycles. The van der Waals surface area contributed by atoms with E-state index in [1.165, 1.54) is 0 Å². The van der Waals surface area contributed by atoms with Crippen LogP contribution in [0.4, 0.5) is 5.13 Å². The Hall–Kier alpha value is -0.740. The zero-order valence-corrected chi connectivity index (χ0v) is 11.0. The Bertz CT molecular complexity index is 465. The van der Waals surface area contributed by atoms with Crippen LogP contribution in [0.2, 0.25) is 0 Å². The van der Waals surface area contributed by atoms with E-state index in [4.69, 9.17) is 15.9 Å². The second-order valence-electron chi connectivity index (χ2n) is 3.28. The maximum absolute atomic E-state index is 12.2. The molecule has 0 aliphatic carbocycles. The van der Waals surface area contributed by atoms with Gasteiger partial charge in [-0.2, -0.15) is 4.31 Å². The van der Waals surface area contributed by atoms with Crippen molar-refractivity contribution in [1.82, 2.24) is 9.29 Å². The van der Waals surface area contributed by atoms with Crippen LogP contribution in [-0.2, 0) is 10.0 Å². The normalized spacial score (nSPS) is 12.2. The average molecular weight is 281 g/mol. The number of sulfonamides is 1. The van der Waals surface area contributed by atoms with Gasteiger partial charge in [0.2, 0.25) is 0 Å². The van der Waals surface area contributed by atoms with Gasteiger partial charge in [-0.3, -0.25) is 0 Å². The van der Waals surface area contributed by atoms with Gasteiger partial charge in [0.05, 0.1) is 18.9 Å². The SMILES string of the molecule is Cc1nc(N)sc1S(=O)(=O)N(CCO)CCO. The molecule has 0 aliphatic heterocycles. The third kappa shape index (κ3) is 3.13. The molecule has 0 amide bonds. The van der Waals surface area contributed by atoms with Crippen molar-refractivity contribution in [3.05, 3.63) is 5.69 Å². The van der Waals surface area contributed by atoms with Crippen molar-refractivity contribution in [2.24, 2.45) is 0 Å². The molecule has 17 heavy (non-hydrogen) atoms. The zero-order valence-electron chi connectivity index (χ0n) is 9.33. The van der Waals surface area contributed by atoms with Crippen LogP contribution >= 0.6 is 11.3 Å². The number of thiazole rings is 1. The van der Waals surface area contributed by atoms with E-state index in [-0.39, 0.29) is 35.6 Å². The van der Waals surface area contributed by atoms with E-state index < -0.39 is 10.0 Å². The predicted molar refractivity (Wildman–Crippen MR) is 64.2 cm³/mol. The van der Waals surface area contributed by atoms with E-state index in [1.807, 2.05) is 0 Å². The number of nitrogens with two attached hydrogens (primary N) is 1. The molecule has 0 unspecified atom stereocenters. The van der Waals surface area contributed by atoms with Crippen molar-refractivity contribution in [1.29, 1.82) is 0 Å². The summed E-state index contributed by atoms with van der Waals surface area (Å²) in [5, 5.41) is 17.8. The first kappa shape index (κ1) is 14.3. The lowest BCUT2D eigenvalue weighted by Gasteiger charge is -2.19. The number of aliphatic hydroxyl groups is 2. The third-order valence-electron chi connectivity index (χ3n) is 2.04. The minimum atomic E-state index is -3.75. The molecule has 98 valence electrons. The molecule has 0 saturated carbocycles. The Kier molecular flexibility index (Phi) is 4.83. The van der Waals surface area contributed by atoms with Crippen molar-refractivity contribution in [2.45, 2.75) is 11.1 Å². The lowest BCUT2D eigenvalue weighted by Crippen LogP contribution is -2.35. The number of aliphatic hydroxyl groups excluding tert-OH is 2. The maximum Gasteiger partial charge on any atom is 0.254 e. The summed E-state index contributed by atoms with van der Waals surface area (Å²) in [4.78, 5) is 3.85. The van der Waals surface area contributed by atoms with Crippen LogP contribution in [-0.4, -0.2) is 54.2 Å². The first-order valence-electron chi connectivity index (χ1n) is 4.88. The summed E-state index contributed by atoms with van der Waals surface area (Å²) < 4.78 is 25.4. The highest BCUT2D eigenvalue weighted by Crippen LogP contribution is 2.27. The summed E-state index contributed by atoms with van der Waals surface area (Å²) >= 11 is 0.875. The second-order valence-corrected chi connectivity index (χ2v) is 6.44. The Labute approximate surface area is 104 Å². The molecule has 0 bridgehead atoms. The van der Waals surface area contributed by atoms with Crippen LogP contribution in [0.15, 0.2) is 4.21 Å². The molecule has 7 nitrogen and oxygen atoms in total. The number of hydrogen-bond acceptors (Lipinski definition) is 7. The Morgan fingerprint density at radius 3 is 2.24 bits per heavy atom. The van der Waals surface area contributed by atoms with Crippen LogP contribution in [0.5, 0.6) is 0 Å². The molecule has 0 fully saturated rings. The number of aromatic nitrogens is 1. The Balaban J connectivity index is 3.11. The van der Waals surface area contributed by atoms with Crippen LogP contribution in [0, 0.1) is 6.92 Å². The number of anilines is 1. The summed E-state index contributed by atoms with van der Waals surface area (Å²) in [7, 11) is -3.75. The van der Waals surface area contributed by atoms with Gasteiger partial charge < -0.3 is 15.9 Å². The van der Waals surface area contributed by atoms with Gasteiger partial charge in [-0.05, 0) is 6.92 Å². The number of nitrogen functional groups attached to an aromatic ring is 1. The highest BCUT2D eigenvalue weighted by atomic mass is 32.2. The fourth-order valence-corrected chi connectivity index (χ4v) is 4.19. The van der Waals surface area contributed by atoms with E-state index in [9.17, 15) is 8.42 Å². The van der Waals surface area contributed by atoms with E-state index in [2.05, 4.69) is 4.98 Å². The molecule has 1 heterocycles. The fraction of sp³-hybridized carbons (Fsp3) is 0.625. The molecule has 0 aliphatic rings. The van der Waals surface area contributed by atoms with E-state index in [1.54, 1.807) is 6.92 Å². The smallest absolute Gasteiger partial charge is 0.254 e. The molecule has 0 radical (unpaired) electrons. The van der Waals surface area contributed by atoms with Gasteiger partial charge in [-0.15, -0.1) is 0 Å². The second kappa shape index (κ2) is 5.74. The molecule has 0 spiro atoms. The molecular formula is C8H15N3O4S2. The first-order valence-corrected chi connectivity index (χ1v) is 7.14. The largest absolute Gasteiger partial charge is 0.395 e. The number of nitrogens with zero attached hydrogens (tertiary/aromatic N) is 2. The Morgan fingerprint density at radius 1 is 1.35 bits per heavy atom. The number of aryl methyl sites for hydroxylation is 1. The highest BCUT2D eigenvalue weighted by Gasteiger charge is 2.28. The number of rotatable bonds is 6. The van der Waals surface area contributed by atoms with Gasteiger partial charge in [0.25, 0.3) is 10.0 Å². The van der Waals surface area contributed by atoms with Crippen molar-refractivity contribution < 1.29 is 18.6 Å².